The summed E-state index contributed by atoms with van der Waals surface area (Å²) in [6, 6.07) is 0. The fourth-order valence-electron chi connectivity index (χ4n) is 2.49. The first kappa shape index (κ1) is 16.4. The summed E-state index contributed by atoms with van der Waals surface area (Å²) in [5.41, 5.74) is -1.60. The van der Waals surface area contributed by atoms with Crippen LogP contribution in [0.4, 0.5) is 0 Å². The molecule has 1 atom stereocenters. The minimum atomic E-state index is -1.60. The van der Waals surface area contributed by atoms with Gasteiger partial charge in [0, 0.05) is 0 Å². The van der Waals surface area contributed by atoms with E-state index in [2.05, 4.69) is 27.7 Å². The van der Waals surface area contributed by atoms with E-state index in [4.69, 9.17) is 0 Å². The van der Waals surface area contributed by atoms with Crippen molar-refractivity contribution in [2.75, 3.05) is 0 Å². The fourth-order valence-corrected chi connectivity index (χ4v) is 2.49. The summed E-state index contributed by atoms with van der Waals surface area (Å²) in [6.07, 6.45) is 1.50. The Morgan fingerprint density at radius 3 is 1.53 bits per heavy atom. The van der Waals surface area contributed by atoms with Gasteiger partial charge in [-0.3, -0.25) is 0 Å². The molecule has 1 unspecified atom stereocenters. The summed E-state index contributed by atoms with van der Waals surface area (Å²) >= 11 is 0. The molecule has 0 amide bonds. The number of aliphatic carboxylic acids is 1. The average Bonchev–Trinajstić information content (AvgIpc) is 2.13. The zero-order valence-electron chi connectivity index (χ0n) is 12.0. The Morgan fingerprint density at radius 2 is 1.35 bits per heavy atom. The number of carboxylic acids is 1. The number of rotatable bonds is 7. The fraction of sp³-hybridized carbons (Fsp3) is 0.929. The van der Waals surface area contributed by atoms with E-state index in [1.807, 2.05) is 0 Å². The molecule has 0 aliphatic heterocycles. The third-order valence-electron chi connectivity index (χ3n) is 3.36. The Morgan fingerprint density at radius 1 is 1.00 bits per heavy atom. The monoisotopic (exact) mass is 244 g/mol. The van der Waals surface area contributed by atoms with Crippen LogP contribution in [0.2, 0.25) is 0 Å². The van der Waals surface area contributed by atoms with Crippen molar-refractivity contribution >= 4 is 5.97 Å². The molecule has 3 heteroatoms. The highest BCUT2D eigenvalue weighted by Crippen LogP contribution is 2.35. The molecule has 2 N–H and O–H groups in total. The summed E-state index contributed by atoms with van der Waals surface area (Å²) in [6.45, 7) is 11.8. The quantitative estimate of drug-likeness (QED) is 0.723. The lowest BCUT2D eigenvalue weighted by molar-refractivity contribution is -0.173. The van der Waals surface area contributed by atoms with Crippen molar-refractivity contribution < 1.29 is 15.0 Å². The molecule has 3 nitrogen and oxygen atoms in total. The van der Waals surface area contributed by atoms with Crippen molar-refractivity contribution in [1.82, 2.24) is 0 Å². The van der Waals surface area contributed by atoms with E-state index in [1.54, 1.807) is 13.8 Å². The normalized spacial score (nSPS) is 15.9. The minimum absolute atomic E-state index is 0.181. The summed E-state index contributed by atoms with van der Waals surface area (Å²) < 4.78 is 0. The molecule has 0 aromatic heterocycles. The first-order chi connectivity index (χ1) is 7.62. The van der Waals surface area contributed by atoms with Gasteiger partial charge in [0.05, 0.1) is 0 Å². The molecule has 0 saturated carbocycles. The topological polar surface area (TPSA) is 57.5 Å². The lowest BCUT2D eigenvalue weighted by Crippen LogP contribution is -2.51. The Labute approximate surface area is 105 Å². The Hall–Kier alpha value is -0.570. The largest absolute Gasteiger partial charge is 0.479 e. The van der Waals surface area contributed by atoms with Crippen molar-refractivity contribution in [1.29, 1.82) is 0 Å². The second kappa shape index (κ2) is 6.39. The van der Waals surface area contributed by atoms with Crippen molar-refractivity contribution in [3.63, 3.8) is 0 Å². The lowest BCUT2D eigenvalue weighted by Gasteiger charge is -2.37. The van der Waals surface area contributed by atoms with E-state index in [-0.39, 0.29) is 11.8 Å². The molecule has 0 aromatic carbocycles. The van der Waals surface area contributed by atoms with Gasteiger partial charge < -0.3 is 10.2 Å². The van der Waals surface area contributed by atoms with Gasteiger partial charge >= 0.3 is 5.97 Å². The van der Waals surface area contributed by atoms with E-state index in [0.717, 1.165) is 12.8 Å². The molecular formula is C14H28O3. The van der Waals surface area contributed by atoms with E-state index in [1.165, 1.54) is 0 Å². The number of carbonyl (C=O) groups is 1. The Balaban J connectivity index is 5.14. The van der Waals surface area contributed by atoms with Crippen molar-refractivity contribution in [3.8, 4) is 0 Å². The number of aliphatic hydroxyl groups is 1. The van der Waals surface area contributed by atoms with Crippen LogP contribution < -0.4 is 0 Å². The first-order valence-electron chi connectivity index (χ1n) is 6.58. The second-order valence-electron chi connectivity index (χ2n) is 6.24. The standard InChI is InChI=1S/C14H28O3/c1-9(2)7-12(8-10(3)4)14(17,11(5)6)13(15)16/h9-12,17H,7-8H2,1-6H3,(H,15,16). The SMILES string of the molecule is CC(C)CC(CC(C)C)C(O)(C(=O)O)C(C)C. The van der Waals surface area contributed by atoms with E-state index < -0.39 is 11.6 Å². The zero-order valence-corrected chi connectivity index (χ0v) is 12.0. The smallest absolute Gasteiger partial charge is 0.336 e. The van der Waals surface area contributed by atoms with Gasteiger partial charge in [0.25, 0.3) is 0 Å². The molecule has 0 aliphatic carbocycles. The molecule has 0 aliphatic rings. The summed E-state index contributed by atoms with van der Waals surface area (Å²) in [7, 11) is 0. The van der Waals surface area contributed by atoms with Crippen LogP contribution in [-0.4, -0.2) is 21.8 Å². The van der Waals surface area contributed by atoms with Crippen molar-refractivity contribution in [2.24, 2.45) is 23.7 Å². The minimum Gasteiger partial charge on any atom is -0.479 e. The van der Waals surface area contributed by atoms with Crippen LogP contribution in [0.15, 0.2) is 0 Å². The van der Waals surface area contributed by atoms with Gasteiger partial charge in [0.1, 0.15) is 0 Å². The highest BCUT2D eigenvalue weighted by atomic mass is 16.4. The maximum Gasteiger partial charge on any atom is 0.336 e. The number of hydrogen-bond donors (Lipinski definition) is 2. The van der Waals surface area contributed by atoms with E-state index in [0.29, 0.717) is 11.8 Å². The van der Waals surface area contributed by atoms with Crippen LogP contribution in [0, 0.1) is 23.7 Å². The van der Waals surface area contributed by atoms with E-state index in [9.17, 15) is 15.0 Å². The predicted molar refractivity (Wildman–Crippen MR) is 69.8 cm³/mol. The Bertz CT molecular complexity index is 236. The van der Waals surface area contributed by atoms with Crippen LogP contribution >= 0.6 is 0 Å². The summed E-state index contributed by atoms with van der Waals surface area (Å²) in [5, 5.41) is 19.9. The lowest BCUT2D eigenvalue weighted by atomic mass is 9.71. The molecule has 17 heavy (non-hydrogen) atoms. The van der Waals surface area contributed by atoms with Crippen molar-refractivity contribution in [3.05, 3.63) is 0 Å². The zero-order chi connectivity index (χ0) is 13.8. The maximum atomic E-state index is 11.4. The highest BCUT2D eigenvalue weighted by molar-refractivity contribution is 5.78. The van der Waals surface area contributed by atoms with Crippen molar-refractivity contribution in [2.45, 2.75) is 60.0 Å². The van der Waals surface area contributed by atoms with Gasteiger partial charge in [-0.05, 0) is 36.5 Å². The summed E-state index contributed by atoms with van der Waals surface area (Å²) in [4.78, 5) is 11.4. The van der Waals surface area contributed by atoms with Crippen LogP contribution in [0.3, 0.4) is 0 Å². The molecule has 0 rings (SSSR count). The molecule has 0 saturated heterocycles. The third-order valence-corrected chi connectivity index (χ3v) is 3.36. The summed E-state index contributed by atoms with van der Waals surface area (Å²) in [5.74, 6) is -0.756. The number of carboxylic acid groups (broad SMARTS) is 1. The number of hydrogen-bond acceptors (Lipinski definition) is 2. The van der Waals surface area contributed by atoms with Gasteiger partial charge in [0.2, 0.25) is 0 Å². The first-order valence-corrected chi connectivity index (χ1v) is 6.58. The van der Waals surface area contributed by atoms with E-state index >= 15 is 0 Å². The van der Waals surface area contributed by atoms with Crippen LogP contribution in [0.5, 0.6) is 0 Å². The molecular weight excluding hydrogens is 216 g/mol. The molecule has 0 heterocycles. The molecule has 102 valence electrons. The van der Waals surface area contributed by atoms with Gasteiger partial charge in [-0.2, -0.15) is 0 Å². The predicted octanol–water partition coefficient (Wildman–Crippen LogP) is 3.17. The van der Waals surface area contributed by atoms with Crippen LogP contribution in [0.25, 0.3) is 0 Å². The molecule has 0 bridgehead atoms. The van der Waals surface area contributed by atoms with Gasteiger partial charge in [-0.15, -0.1) is 0 Å². The molecule has 0 radical (unpaired) electrons. The van der Waals surface area contributed by atoms with Gasteiger partial charge in [0.15, 0.2) is 5.60 Å². The van der Waals surface area contributed by atoms with Crippen LogP contribution in [-0.2, 0) is 4.79 Å². The second-order valence-corrected chi connectivity index (χ2v) is 6.24. The Kier molecular flexibility index (Phi) is 6.17. The maximum absolute atomic E-state index is 11.4. The third kappa shape index (κ3) is 4.30. The van der Waals surface area contributed by atoms with Crippen LogP contribution in [0.1, 0.15) is 54.4 Å². The molecule has 0 aromatic rings. The van der Waals surface area contributed by atoms with Gasteiger partial charge in [-0.1, -0.05) is 41.5 Å². The molecule has 0 spiro atoms. The highest BCUT2D eigenvalue weighted by Gasteiger charge is 2.46. The van der Waals surface area contributed by atoms with Gasteiger partial charge in [-0.25, -0.2) is 4.79 Å². The molecule has 0 fully saturated rings. The average molecular weight is 244 g/mol.